The molecule has 2 heterocycles. The zero-order valence-corrected chi connectivity index (χ0v) is 22.3. The Labute approximate surface area is 232 Å². The van der Waals surface area contributed by atoms with Crippen molar-refractivity contribution in [3.8, 4) is 28.8 Å². The molecule has 0 atom stereocenters. The minimum atomic E-state index is -0.977. The van der Waals surface area contributed by atoms with Crippen molar-refractivity contribution in [1.82, 2.24) is 14.8 Å². The van der Waals surface area contributed by atoms with E-state index < -0.39 is 5.97 Å². The molecule has 0 fully saturated rings. The summed E-state index contributed by atoms with van der Waals surface area (Å²) in [5.74, 6) is 2.00. The van der Waals surface area contributed by atoms with E-state index in [2.05, 4.69) is 10.1 Å². The first-order valence-corrected chi connectivity index (χ1v) is 13.0. The van der Waals surface area contributed by atoms with E-state index in [0.29, 0.717) is 41.8 Å². The monoisotopic (exact) mass is 535 g/mol. The Kier molecular flexibility index (Phi) is 8.06. The van der Waals surface area contributed by atoms with Gasteiger partial charge in [0.2, 0.25) is 11.8 Å². The third kappa shape index (κ3) is 6.47. The van der Waals surface area contributed by atoms with Gasteiger partial charge in [0.25, 0.3) is 0 Å². The van der Waals surface area contributed by atoms with Crippen LogP contribution >= 0.6 is 0 Å². The molecule has 0 saturated heterocycles. The van der Waals surface area contributed by atoms with Crippen LogP contribution in [0.1, 0.15) is 35.9 Å². The zero-order chi connectivity index (χ0) is 27.9. The van der Waals surface area contributed by atoms with Gasteiger partial charge in [0.1, 0.15) is 29.6 Å². The summed E-state index contributed by atoms with van der Waals surface area (Å²) < 4.78 is 19.5. The minimum Gasteiger partial charge on any atom is -0.478 e. The van der Waals surface area contributed by atoms with Gasteiger partial charge >= 0.3 is 5.97 Å². The molecule has 3 aromatic carbocycles. The zero-order valence-electron chi connectivity index (χ0n) is 22.3. The topological polar surface area (TPSA) is 99.6 Å². The highest BCUT2D eigenvalue weighted by Crippen LogP contribution is 2.26. The van der Waals surface area contributed by atoms with Crippen LogP contribution in [0.3, 0.4) is 0 Å². The highest BCUT2D eigenvalue weighted by atomic mass is 16.5. The van der Waals surface area contributed by atoms with Crippen molar-refractivity contribution < 1.29 is 23.8 Å². The second kappa shape index (κ2) is 12.2. The number of carbonyl (C=O) groups is 1. The SMILES string of the molecule is CCC(=Cc1cn(Cc2ccc(Oc3ccccc3)cc2)nc1OCc1nc(-c2ccccc2)oc1C)C(=O)O. The Hall–Kier alpha value is -5.11. The van der Waals surface area contributed by atoms with Gasteiger partial charge in [0, 0.05) is 17.3 Å². The average molecular weight is 536 g/mol. The maximum Gasteiger partial charge on any atom is 0.331 e. The summed E-state index contributed by atoms with van der Waals surface area (Å²) in [5, 5.41) is 14.2. The van der Waals surface area contributed by atoms with Crippen LogP contribution in [0.25, 0.3) is 17.5 Å². The van der Waals surface area contributed by atoms with Gasteiger partial charge in [-0.1, -0.05) is 55.5 Å². The number of aromatic nitrogens is 3. The lowest BCUT2D eigenvalue weighted by Gasteiger charge is -2.07. The molecule has 0 aliphatic carbocycles. The highest BCUT2D eigenvalue weighted by Gasteiger charge is 2.16. The third-order valence-corrected chi connectivity index (χ3v) is 6.25. The Balaban J connectivity index is 1.34. The minimum absolute atomic E-state index is 0.125. The molecule has 0 aliphatic heterocycles. The largest absolute Gasteiger partial charge is 0.478 e. The first kappa shape index (κ1) is 26.5. The second-order valence-corrected chi connectivity index (χ2v) is 9.15. The maximum atomic E-state index is 11.7. The van der Waals surface area contributed by atoms with E-state index in [-0.39, 0.29) is 12.2 Å². The van der Waals surface area contributed by atoms with Gasteiger partial charge in [-0.15, -0.1) is 5.10 Å². The first-order chi connectivity index (χ1) is 19.5. The molecule has 0 unspecified atom stereocenters. The molecule has 8 nitrogen and oxygen atoms in total. The van der Waals surface area contributed by atoms with Crippen LogP contribution in [-0.4, -0.2) is 25.8 Å². The molecule has 0 spiro atoms. The van der Waals surface area contributed by atoms with Crippen LogP contribution in [-0.2, 0) is 17.9 Å². The van der Waals surface area contributed by atoms with E-state index in [1.807, 2.05) is 91.9 Å². The summed E-state index contributed by atoms with van der Waals surface area (Å²) >= 11 is 0. The molecule has 0 saturated carbocycles. The lowest BCUT2D eigenvalue weighted by atomic mass is 10.1. The fourth-order valence-electron chi connectivity index (χ4n) is 4.09. The molecule has 0 bridgehead atoms. The number of nitrogens with zero attached hydrogens (tertiary/aromatic N) is 3. The molecule has 1 N–H and O–H groups in total. The molecule has 5 aromatic rings. The lowest BCUT2D eigenvalue weighted by molar-refractivity contribution is -0.132. The molecule has 2 aromatic heterocycles. The van der Waals surface area contributed by atoms with Gasteiger partial charge in [0.15, 0.2) is 0 Å². The van der Waals surface area contributed by atoms with Crippen molar-refractivity contribution in [3.63, 3.8) is 0 Å². The van der Waals surface area contributed by atoms with E-state index in [1.54, 1.807) is 23.9 Å². The van der Waals surface area contributed by atoms with Gasteiger partial charge in [-0.05, 0) is 61.4 Å². The molecule has 0 aliphatic rings. The summed E-state index contributed by atoms with van der Waals surface area (Å²) in [6.07, 6.45) is 3.75. The van der Waals surface area contributed by atoms with E-state index in [0.717, 1.165) is 22.6 Å². The van der Waals surface area contributed by atoms with Crippen molar-refractivity contribution >= 4 is 12.0 Å². The summed E-state index contributed by atoms with van der Waals surface area (Å²) in [6.45, 7) is 4.22. The van der Waals surface area contributed by atoms with Crippen LogP contribution in [0, 0.1) is 6.92 Å². The predicted molar refractivity (Wildman–Crippen MR) is 151 cm³/mol. The van der Waals surface area contributed by atoms with Gasteiger partial charge in [0.05, 0.1) is 12.1 Å². The number of carboxylic acids is 1. The van der Waals surface area contributed by atoms with Gasteiger partial charge in [-0.25, -0.2) is 9.78 Å². The van der Waals surface area contributed by atoms with Crippen LogP contribution < -0.4 is 9.47 Å². The van der Waals surface area contributed by atoms with Crippen LogP contribution in [0.4, 0.5) is 0 Å². The highest BCUT2D eigenvalue weighted by molar-refractivity contribution is 5.92. The Morgan fingerprint density at radius 2 is 1.65 bits per heavy atom. The Morgan fingerprint density at radius 3 is 2.33 bits per heavy atom. The van der Waals surface area contributed by atoms with E-state index in [9.17, 15) is 9.90 Å². The van der Waals surface area contributed by atoms with Gasteiger partial charge in [-0.3, -0.25) is 4.68 Å². The van der Waals surface area contributed by atoms with E-state index >= 15 is 0 Å². The number of para-hydroxylation sites is 1. The number of aliphatic carboxylic acids is 1. The molecule has 0 radical (unpaired) electrons. The number of hydrogen-bond acceptors (Lipinski definition) is 6. The number of carboxylic acid groups (broad SMARTS) is 1. The predicted octanol–water partition coefficient (Wildman–Crippen LogP) is 7.14. The van der Waals surface area contributed by atoms with Gasteiger partial charge in [-0.2, -0.15) is 0 Å². The maximum absolute atomic E-state index is 11.7. The van der Waals surface area contributed by atoms with Gasteiger partial charge < -0.3 is 19.0 Å². The smallest absolute Gasteiger partial charge is 0.331 e. The molecule has 5 rings (SSSR count). The summed E-state index contributed by atoms with van der Waals surface area (Å²) in [7, 11) is 0. The lowest BCUT2D eigenvalue weighted by Crippen LogP contribution is -2.02. The van der Waals surface area contributed by atoms with Crippen molar-refractivity contribution in [2.75, 3.05) is 0 Å². The quantitative estimate of drug-likeness (QED) is 0.179. The number of oxazole rings is 1. The standard InChI is InChI=1S/C32H29N3O5/c1-3-24(32(36)37)18-26-20-35(19-23-14-16-28(17-15-23)40-27-12-8-5-9-13-27)34-31(26)38-21-29-22(2)39-30(33-29)25-10-6-4-7-11-25/h4-18,20H,3,19,21H2,1-2H3,(H,36,37). The fourth-order valence-corrected chi connectivity index (χ4v) is 4.09. The summed E-state index contributed by atoms with van der Waals surface area (Å²) in [4.78, 5) is 16.3. The molecule has 40 heavy (non-hydrogen) atoms. The van der Waals surface area contributed by atoms with Crippen LogP contribution in [0.5, 0.6) is 17.4 Å². The number of hydrogen-bond donors (Lipinski definition) is 1. The number of benzene rings is 3. The molecule has 202 valence electrons. The normalized spacial score (nSPS) is 11.4. The van der Waals surface area contributed by atoms with Crippen LogP contribution in [0.2, 0.25) is 0 Å². The van der Waals surface area contributed by atoms with E-state index in [1.165, 1.54) is 0 Å². The van der Waals surface area contributed by atoms with Crippen molar-refractivity contribution in [2.45, 2.75) is 33.4 Å². The molecular weight excluding hydrogens is 506 g/mol. The van der Waals surface area contributed by atoms with E-state index in [4.69, 9.17) is 13.9 Å². The van der Waals surface area contributed by atoms with Crippen LogP contribution in [0.15, 0.2) is 101 Å². The average Bonchev–Trinajstić information content (AvgIpc) is 3.54. The third-order valence-electron chi connectivity index (χ3n) is 6.25. The van der Waals surface area contributed by atoms with Crippen molar-refractivity contribution in [2.24, 2.45) is 0 Å². The summed E-state index contributed by atoms with van der Waals surface area (Å²) in [6, 6.07) is 27.0. The Bertz CT molecular complexity index is 1600. The second-order valence-electron chi connectivity index (χ2n) is 9.15. The molecule has 0 amide bonds. The van der Waals surface area contributed by atoms with Crippen molar-refractivity contribution in [1.29, 1.82) is 0 Å². The molecule has 8 heteroatoms. The number of aryl methyl sites for hydroxylation is 1. The number of ether oxygens (including phenoxy) is 2. The van der Waals surface area contributed by atoms with Crippen molar-refractivity contribution in [3.05, 3.63) is 119 Å². The Morgan fingerprint density at radius 1 is 0.975 bits per heavy atom. The fraction of sp³-hybridized carbons (Fsp3) is 0.156. The summed E-state index contributed by atoms with van der Waals surface area (Å²) in [5.41, 5.74) is 3.35. The molecular formula is C32H29N3O5. The first-order valence-electron chi connectivity index (χ1n) is 13.0. The number of rotatable bonds is 11.